The summed E-state index contributed by atoms with van der Waals surface area (Å²) in [6.45, 7) is 2.05. The summed E-state index contributed by atoms with van der Waals surface area (Å²) in [4.78, 5) is 11.5. The molecule has 1 aliphatic carbocycles. The van der Waals surface area contributed by atoms with Crippen LogP contribution >= 0.6 is 0 Å². The molecular weight excluding hydrogens is 176 g/mol. The highest BCUT2D eigenvalue weighted by Gasteiger charge is 2.28. The lowest BCUT2D eigenvalue weighted by molar-refractivity contribution is 0.0599. The van der Waals surface area contributed by atoms with E-state index in [1.165, 1.54) is 25.5 Å². The van der Waals surface area contributed by atoms with Gasteiger partial charge in [-0.05, 0) is 37.3 Å². The average Bonchev–Trinajstić information content (AvgIpc) is 3.00. The SMILES string of the molecule is COC(=O)c1ccc(C)cc1C1CC1. The number of esters is 1. The van der Waals surface area contributed by atoms with Crippen molar-refractivity contribution in [2.75, 3.05) is 7.11 Å². The van der Waals surface area contributed by atoms with E-state index in [1.54, 1.807) is 0 Å². The van der Waals surface area contributed by atoms with E-state index in [1.807, 2.05) is 19.1 Å². The fourth-order valence-corrected chi connectivity index (χ4v) is 1.71. The molecule has 1 aliphatic rings. The van der Waals surface area contributed by atoms with Gasteiger partial charge in [0.2, 0.25) is 0 Å². The Labute approximate surface area is 83.9 Å². The van der Waals surface area contributed by atoms with Crippen LogP contribution in [0.5, 0.6) is 0 Å². The Balaban J connectivity index is 2.42. The van der Waals surface area contributed by atoms with Gasteiger partial charge in [-0.2, -0.15) is 0 Å². The van der Waals surface area contributed by atoms with Crippen LogP contribution in [0, 0.1) is 6.92 Å². The van der Waals surface area contributed by atoms with Crippen molar-refractivity contribution >= 4 is 5.97 Å². The van der Waals surface area contributed by atoms with Gasteiger partial charge < -0.3 is 4.74 Å². The Bertz CT molecular complexity index is 365. The third-order valence-corrected chi connectivity index (χ3v) is 2.63. The molecule has 0 unspecified atom stereocenters. The van der Waals surface area contributed by atoms with Gasteiger partial charge in [-0.15, -0.1) is 0 Å². The number of rotatable bonds is 2. The van der Waals surface area contributed by atoms with Gasteiger partial charge in [0.15, 0.2) is 0 Å². The Hall–Kier alpha value is -1.31. The van der Waals surface area contributed by atoms with Gasteiger partial charge in [-0.25, -0.2) is 4.79 Å². The topological polar surface area (TPSA) is 26.3 Å². The average molecular weight is 190 g/mol. The Kier molecular flexibility index (Phi) is 2.28. The molecule has 0 amide bonds. The fourth-order valence-electron chi connectivity index (χ4n) is 1.71. The summed E-state index contributed by atoms with van der Waals surface area (Å²) in [6.07, 6.45) is 2.40. The van der Waals surface area contributed by atoms with Crippen molar-refractivity contribution in [1.29, 1.82) is 0 Å². The maximum Gasteiger partial charge on any atom is 0.338 e. The van der Waals surface area contributed by atoms with E-state index in [2.05, 4.69) is 6.07 Å². The number of aryl methyl sites for hydroxylation is 1. The molecule has 14 heavy (non-hydrogen) atoms. The zero-order valence-corrected chi connectivity index (χ0v) is 8.54. The fraction of sp³-hybridized carbons (Fsp3) is 0.417. The van der Waals surface area contributed by atoms with E-state index >= 15 is 0 Å². The molecule has 0 saturated heterocycles. The lowest BCUT2D eigenvalue weighted by Gasteiger charge is -2.07. The molecule has 0 bridgehead atoms. The van der Waals surface area contributed by atoms with Crippen LogP contribution in [0.1, 0.15) is 40.2 Å². The van der Waals surface area contributed by atoms with Crippen LogP contribution in [-0.4, -0.2) is 13.1 Å². The second-order valence-electron chi connectivity index (χ2n) is 3.86. The van der Waals surface area contributed by atoms with Crippen LogP contribution in [0.3, 0.4) is 0 Å². The van der Waals surface area contributed by atoms with Crippen molar-refractivity contribution in [2.24, 2.45) is 0 Å². The van der Waals surface area contributed by atoms with Crippen LogP contribution in [-0.2, 0) is 4.74 Å². The van der Waals surface area contributed by atoms with E-state index < -0.39 is 0 Å². The molecule has 2 rings (SSSR count). The van der Waals surface area contributed by atoms with Gasteiger partial charge >= 0.3 is 5.97 Å². The van der Waals surface area contributed by atoms with Crippen molar-refractivity contribution in [1.82, 2.24) is 0 Å². The van der Waals surface area contributed by atoms with Crippen LogP contribution in [0.25, 0.3) is 0 Å². The summed E-state index contributed by atoms with van der Waals surface area (Å²) in [6, 6.07) is 5.93. The van der Waals surface area contributed by atoms with E-state index in [9.17, 15) is 4.79 Å². The molecule has 1 aromatic rings. The van der Waals surface area contributed by atoms with E-state index in [-0.39, 0.29) is 5.97 Å². The molecule has 0 radical (unpaired) electrons. The van der Waals surface area contributed by atoms with Gasteiger partial charge in [-0.3, -0.25) is 0 Å². The molecule has 0 aromatic heterocycles. The lowest BCUT2D eigenvalue weighted by atomic mass is 10.0. The molecule has 0 atom stereocenters. The molecule has 74 valence electrons. The minimum atomic E-state index is -0.216. The van der Waals surface area contributed by atoms with Crippen molar-refractivity contribution < 1.29 is 9.53 Å². The van der Waals surface area contributed by atoms with Crippen molar-refractivity contribution in [3.05, 3.63) is 34.9 Å². The minimum Gasteiger partial charge on any atom is -0.465 e. The summed E-state index contributed by atoms with van der Waals surface area (Å²) in [5, 5.41) is 0. The molecule has 1 saturated carbocycles. The van der Waals surface area contributed by atoms with Crippen LogP contribution in [0.4, 0.5) is 0 Å². The largest absolute Gasteiger partial charge is 0.465 e. The Morgan fingerprint density at radius 1 is 1.43 bits per heavy atom. The molecule has 2 nitrogen and oxygen atoms in total. The van der Waals surface area contributed by atoms with Gasteiger partial charge in [0.05, 0.1) is 12.7 Å². The van der Waals surface area contributed by atoms with Gasteiger partial charge in [0.25, 0.3) is 0 Å². The Morgan fingerprint density at radius 3 is 2.71 bits per heavy atom. The quantitative estimate of drug-likeness (QED) is 0.670. The van der Waals surface area contributed by atoms with Crippen LogP contribution < -0.4 is 0 Å². The number of hydrogen-bond donors (Lipinski definition) is 0. The highest BCUT2D eigenvalue weighted by atomic mass is 16.5. The predicted octanol–water partition coefficient (Wildman–Crippen LogP) is 2.66. The summed E-state index contributed by atoms with van der Waals surface area (Å²) in [5.74, 6) is 0.371. The normalized spacial score (nSPS) is 15.3. The van der Waals surface area contributed by atoms with E-state index in [0.717, 1.165) is 11.1 Å². The molecule has 1 fully saturated rings. The first kappa shape index (κ1) is 9.25. The number of benzene rings is 1. The van der Waals surface area contributed by atoms with Gasteiger partial charge in [-0.1, -0.05) is 17.7 Å². The number of carbonyl (C=O) groups excluding carboxylic acids is 1. The van der Waals surface area contributed by atoms with Gasteiger partial charge in [0.1, 0.15) is 0 Å². The lowest BCUT2D eigenvalue weighted by Crippen LogP contribution is -2.05. The standard InChI is InChI=1S/C12H14O2/c1-8-3-6-10(12(13)14-2)11(7-8)9-4-5-9/h3,6-7,9H,4-5H2,1-2H3. The third-order valence-electron chi connectivity index (χ3n) is 2.63. The highest BCUT2D eigenvalue weighted by Crippen LogP contribution is 2.42. The second-order valence-corrected chi connectivity index (χ2v) is 3.86. The number of carbonyl (C=O) groups is 1. The molecule has 0 aliphatic heterocycles. The first-order valence-corrected chi connectivity index (χ1v) is 4.91. The van der Waals surface area contributed by atoms with Crippen molar-refractivity contribution in [2.45, 2.75) is 25.7 Å². The molecule has 2 heteroatoms. The first-order valence-electron chi connectivity index (χ1n) is 4.91. The van der Waals surface area contributed by atoms with Crippen LogP contribution in [0.15, 0.2) is 18.2 Å². The molecule has 0 N–H and O–H groups in total. The summed E-state index contributed by atoms with van der Waals surface area (Å²) in [7, 11) is 1.43. The van der Waals surface area contributed by atoms with Gasteiger partial charge in [0, 0.05) is 0 Å². The zero-order chi connectivity index (χ0) is 10.1. The Morgan fingerprint density at radius 2 is 2.14 bits per heavy atom. The predicted molar refractivity (Wildman–Crippen MR) is 54.5 cm³/mol. The van der Waals surface area contributed by atoms with E-state index in [0.29, 0.717) is 5.92 Å². The summed E-state index contributed by atoms with van der Waals surface area (Å²) < 4.78 is 4.76. The number of ether oxygens (including phenoxy) is 1. The van der Waals surface area contributed by atoms with Crippen molar-refractivity contribution in [3.63, 3.8) is 0 Å². The summed E-state index contributed by atoms with van der Waals surface area (Å²) in [5.41, 5.74) is 3.11. The maximum absolute atomic E-state index is 11.5. The highest BCUT2D eigenvalue weighted by molar-refractivity contribution is 5.91. The molecule has 0 heterocycles. The first-order chi connectivity index (χ1) is 6.72. The molecule has 0 spiro atoms. The maximum atomic E-state index is 11.5. The third kappa shape index (κ3) is 1.65. The second kappa shape index (κ2) is 3.45. The van der Waals surface area contributed by atoms with Crippen molar-refractivity contribution in [3.8, 4) is 0 Å². The monoisotopic (exact) mass is 190 g/mol. The zero-order valence-electron chi connectivity index (χ0n) is 8.54. The number of hydrogen-bond acceptors (Lipinski definition) is 2. The smallest absolute Gasteiger partial charge is 0.338 e. The number of methoxy groups -OCH3 is 1. The van der Waals surface area contributed by atoms with E-state index in [4.69, 9.17) is 4.74 Å². The molecule has 1 aromatic carbocycles. The molecular formula is C12H14O2. The summed E-state index contributed by atoms with van der Waals surface area (Å²) >= 11 is 0. The van der Waals surface area contributed by atoms with Crippen LogP contribution in [0.2, 0.25) is 0 Å². The minimum absolute atomic E-state index is 0.216.